The molecule has 0 amide bonds. The van der Waals surface area contributed by atoms with Crippen molar-refractivity contribution in [1.29, 1.82) is 0 Å². The molecule has 2 rings (SSSR count). The molecule has 0 aliphatic carbocycles. The van der Waals surface area contributed by atoms with E-state index in [-0.39, 0.29) is 5.56 Å². The highest BCUT2D eigenvalue weighted by atomic mass is 16.5. The predicted octanol–water partition coefficient (Wildman–Crippen LogP) is 2.83. The number of benzene rings is 1. The molecule has 0 saturated carbocycles. The fourth-order valence-corrected chi connectivity index (χ4v) is 1.58. The average molecular weight is 229 g/mol. The molecular weight excluding hydrogens is 214 g/mol. The van der Waals surface area contributed by atoms with Crippen molar-refractivity contribution in [1.82, 2.24) is 4.98 Å². The number of hydrogen-bond acceptors (Lipinski definition) is 2. The molecule has 0 spiro atoms. The van der Waals surface area contributed by atoms with Crippen LogP contribution in [0.5, 0.6) is 5.75 Å². The Morgan fingerprint density at radius 1 is 1.18 bits per heavy atom. The second kappa shape index (κ2) is 5.34. The Balaban J connectivity index is 2.26. The maximum absolute atomic E-state index is 11.0. The topological polar surface area (TPSA) is 42.1 Å². The van der Waals surface area contributed by atoms with Gasteiger partial charge in [0.15, 0.2) is 0 Å². The van der Waals surface area contributed by atoms with Crippen molar-refractivity contribution in [3.63, 3.8) is 0 Å². The minimum Gasteiger partial charge on any atom is -0.494 e. The fourth-order valence-electron chi connectivity index (χ4n) is 1.58. The molecule has 3 nitrogen and oxygen atoms in total. The molecule has 0 aliphatic heterocycles. The van der Waals surface area contributed by atoms with Gasteiger partial charge in [-0.3, -0.25) is 4.79 Å². The summed E-state index contributed by atoms with van der Waals surface area (Å²) >= 11 is 0. The highest BCUT2D eigenvalue weighted by molar-refractivity contribution is 5.63. The number of nitrogens with one attached hydrogen (secondary N) is 1. The summed E-state index contributed by atoms with van der Waals surface area (Å²) in [7, 11) is 0. The minimum absolute atomic E-state index is 0.0906. The molecule has 17 heavy (non-hydrogen) atoms. The Kier molecular flexibility index (Phi) is 3.60. The van der Waals surface area contributed by atoms with Gasteiger partial charge in [0.2, 0.25) is 5.56 Å². The molecule has 88 valence electrons. The second-order valence-electron chi connectivity index (χ2n) is 3.82. The number of aromatic amines is 1. The zero-order valence-corrected chi connectivity index (χ0v) is 9.77. The van der Waals surface area contributed by atoms with E-state index in [1.165, 1.54) is 6.07 Å². The molecule has 1 heterocycles. The Morgan fingerprint density at radius 3 is 2.76 bits per heavy atom. The average Bonchev–Trinajstić information content (AvgIpc) is 2.37. The van der Waals surface area contributed by atoms with E-state index in [1.807, 2.05) is 24.3 Å². The molecule has 0 fully saturated rings. The molecule has 1 aromatic carbocycles. The second-order valence-corrected chi connectivity index (χ2v) is 3.82. The van der Waals surface area contributed by atoms with Crippen LogP contribution in [0.25, 0.3) is 11.1 Å². The van der Waals surface area contributed by atoms with Gasteiger partial charge in [-0.2, -0.15) is 0 Å². The van der Waals surface area contributed by atoms with Gasteiger partial charge in [-0.15, -0.1) is 0 Å². The van der Waals surface area contributed by atoms with Gasteiger partial charge < -0.3 is 9.72 Å². The van der Waals surface area contributed by atoms with E-state index in [9.17, 15) is 4.79 Å². The van der Waals surface area contributed by atoms with Gasteiger partial charge in [0.25, 0.3) is 0 Å². The van der Waals surface area contributed by atoms with Crippen LogP contribution in [0.1, 0.15) is 13.3 Å². The van der Waals surface area contributed by atoms with E-state index < -0.39 is 0 Å². The number of ether oxygens (including phenoxy) is 1. The van der Waals surface area contributed by atoms with E-state index in [1.54, 1.807) is 12.3 Å². The summed E-state index contributed by atoms with van der Waals surface area (Å²) in [6, 6.07) is 11.2. The summed E-state index contributed by atoms with van der Waals surface area (Å²) in [5.74, 6) is 0.857. The maximum Gasteiger partial charge on any atom is 0.247 e. The van der Waals surface area contributed by atoms with Crippen LogP contribution in [0.3, 0.4) is 0 Å². The zero-order chi connectivity index (χ0) is 12.1. The maximum atomic E-state index is 11.0. The largest absolute Gasteiger partial charge is 0.494 e. The lowest BCUT2D eigenvalue weighted by molar-refractivity contribution is 0.317. The van der Waals surface area contributed by atoms with E-state index in [2.05, 4.69) is 11.9 Å². The summed E-state index contributed by atoms with van der Waals surface area (Å²) in [6.45, 7) is 2.79. The molecule has 1 N–H and O–H groups in total. The zero-order valence-electron chi connectivity index (χ0n) is 9.77. The predicted molar refractivity (Wildman–Crippen MR) is 68.3 cm³/mol. The SMILES string of the molecule is CCCOc1cccc(-c2ccc(=O)[nH]c2)c1. The van der Waals surface area contributed by atoms with Crippen LogP contribution in [-0.2, 0) is 0 Å². The third-order valence-corrected chi connectivity index (χ3v) is 2.42. The van der Waals surface area contributed by atoms with Gasteiger partial charge in [0.05, 0.1) is 6.61 Å². The standard InChI is InChI=1S/C14H15NO2/c1-2-8-17-13-5-3-4-11(9-13)12-6-7-14(16)15-10-12/h3-7,9-10H,2,8H2,1H3,(H,15,16). The smallest absolute Gasteiger partial charge is 0.247 e. The van der Waals surface area contributed by atoms with Crippen LogP contribution in [-0.4, -0.2) is 11.6 Å². The van der Waals surface area contributed by atoms with E-state index in [0.29, 0.717) is 0 Å². The minimum atomic E-state index is -0.0906. The third kappa shape index (κ3) is 2.97. The highest BCUT2D eigenvalue weighted by Gasteiger charge is 1.99. The molecule has 3 heteroatoms. The van der Waals surface area contributed by atoms with Gasteiger partial charge in [0, 0.05) is 12.3 Å². The lowest BCUT2D eigenvalue weighted by atomic mass is 10.1. The van der Waals surface area contributed by atoms with E-state index >= 15 is 0 Å². The van der Waals surface area contributed by atoms with Crippen LogP contribution in [0, 0.1) is 0 Å². The van der Waals surface area contributed by atoms with Crippen molar-refractivity contribution in [2.45, 2.75) is 13.3 Å². The number of H-pyrrole nitrogens is 1. The molecule has 0 bridgehead atoms. The number of hydrogen-bond donors (Lipinski definition) is 1. The summed E-state index contributed by atoms with van der Waals surface area (Å²) < 4.78 is 5.57. The first-order valence-electron chi connectivity index (χ1n) is 5.71. The van der Waals surface area contributed by atoms with Crippen molar-refractivity contribution in [3.05, 3.63) is 52.9 Å². The summed E-state index contributed by atoms with van der Waals surface area (Å²) in [5, 5.41) is 0. The fraction of sp³-hybridized carbons (Fsp3) is 0.214. The quantitative estimate of drug-likeness (QED) is 0.875. The highest BCUT2D eigenvalue weighted by Crippen LogP contribution is 2.22. The Labute approximate surface area is 100 Å². The van der Waals surface area contributed by atoms with Gasteiger partial charge in [0.1, 0.15) is 5.75 Å². The molecule has 0 unspecified atom stereocenters. The molecule has 0 saturated heterocycles. The molecule has 1 aromatic heterocycles. The van der Waals surface area contributed by atoms with Crippen LogP contribution in [0.15, 0.2) is 47.4 Å². The molecular formula is C14H15NO2. The van der Waals surface area contributed by atoms with Gasteiger partial charge >= 0.3 is 0 Å². The van der Waals surface area contributed by atoms with Gasteiger partial charge in [-0.25, -0.2) is 0 Å². The van der Waals surface area contributed by atoms with Crippen molar-refractivity contribution in [3.8, 4) is 16.9 Å². The first-order chi connectivity index (χ1) is 8.29. The van der Waals surface area contributed by atoms with Crippen molar-refractivity contribution in [2.75, 3.05) is 6.61 Å². The Bertz CT molecular complexity index is 525. The van der Waals surface area contributed by atoms with Crippen molar-refractivity contribution < 1.29 is 4.74 Å². The third-order valence-electron chi connectivity index (χ3n) is 2.42. The number of pyridine rings is 1. The van der Waals surface area contributed by atoms with Crippen molar-refractivity contribution >= 4 is 0 Å². The molecule has 0 atom stereocenters. The summed E-state index contributed by atoms with van der Waals surface area (Å²) in [5.41, 5.74) is 1.92. The monoisotopic (exact) mass is 229 g/mol. The number of aromatic nitrogens is 1. The first kappa shape index (κ1) is 11.5. The van der Waals surface area contributed by atoms with E-state index in [0.717, 1.165) is 29.9 Å². The van der Waals surface area contributed by atoms with Gasteiger partial charge in [-0.1, -0.05) is 19.1 Å². The molecule has 0 aliphatic rings. The Morgan fingerprint density at radius 2 is 2.06 bits per heavy atom. The van der Waals surface area contributed by atoms with Crippen LogP contribution in [0.4, 0.5) is 0 Å². The van der Waals surface area contributed by atoms with Gasteiger partial charge in [-0.05, 0) is 35.7 Å². The number of rotatable bonds is 4. The Hall–Kier alpha value is -2.03. The van der Waals surface area contributed by atoms with Crippen LogP contribution >= 0.6 is 0 Å². The molecule has 0 radical (unpaired) electrons. The first-order valence-corrected chi connectivity index (χ1v) is 5.71. The van der Waals surface area contributed by atoms with E-state index in [4.69, 9.17) is 4.74 Å². The van der Waals surface area contributed by atoms with Crippen molar-refractivity contribution in [2.24, 2.45) is 0 Å². The normalized spacial score (nSPS) is 10.2. The lowest BCUT2D eigenvalue weighted by Crippen LogP contribution is -2.01. The molecule has 2 aromatic rings. The summed E-state index contributed by atoms with van der Waals surface area (Å²) in [4.78, 5) is 13.6. The lowest BCUT2D eigenvalue weighted by Gasteiger charge is -2.06. The summed E-state index contributed by atoms with van der Waals surface area (Å²) in [6.07, 6.45) is 2.70. The van der Waals surface area contributed by atoms with Crippen LogP contribution in [0.2, 0.25) is 0 Å². The van der Waals surface area contributed by atoms with Crippen LogP contribution < -0.4 is 10.3 Å².